The Morgan fingerprint density at radius 3 is 3.00 bits per heavy atom. The van der Waals surface area contributed by atoms with Crippen molar-refractivity contribution in [3.63, 3.8) is 0 Å². The molecule has 1 aliphatic heterocycles. The van der Waals surface area contributed by atoms with E-state index in [2.05, 4.69) is 16.5 Å². The molecule has 3 nitrogen and oxygen atoms in total. The van der Waals surface area contributed by atoms with Crippen LogP contribution in [0.1, 0.15) is 13.3 Å². The van der Waals surface area contributed by atoms with E-state index < -0.39 is 0 Å². The minimum absolute atomic E-state index is 0.713. The number of rotatable bonds is 3. The van der Waals surface area contributed by atoms with E-state index in [-0.39, 0.29) is 0 Å². The maximum absolute atomic E-state index is 5.57. The van der Waals surface area contributed by atoms with E-state index in [1.807, 2.05) is 25.1 Å². The minimum Gasteiger partial charge on any atom is -0.492 e. The molecule has 14 heavy (non-hydrogen) atoms. The molecule has 76 valence electrons. The second kappa shape index (κ2) is 4.33. The molecule has 1 aliphatic rings. The molecule has 3 heteroatoms. The number of hydrogen-bond donors (Lipinski definition) is 1. The first kappa shape index (κ1) is 9.34. The van der Waals surface area contributed by atoms with Gasteiger partial charge in [0.25, 0.3) is 0 Å². The van der Waals surface area contributed by atoms with Crippen molar-refractivity contribution in [2.45, 2.75) is 13.3 Å². The predicted octanol–water partition coefficient (Wildman–Crippen LogP) is 1.80. The highest BCUT2D eigenvalue weighted by Crippen LogP contribution is 2.27. The zero-order chi connectivity index (χ0) is 9.80. The Morgan fingerprint density at radius 2 is 2.29 bits per heavy atom. The Labute approximate surface area is 84.6 Å². The van der Waals surface area contributed by atoms with Gasteiger partial charge in [0.1, 0.15) is 5.75 Å². The molecule has 1 heterocycles. The summed E-state index contributed by atoms with van der Waals surface area (Å²) in [6.45, 7) is 4.84. The van der Waals surface area contributed by atoms with Gasteiger partial charge in [-0.3, -0.25) is 0 Å². The fourth-order valence-corrected chi connectivity index (χ4v) is 1.69. The van der Waals surface area contributed by atoms with Gasteiger partial charge in [-0.2, -0.15) is 0 Å². The summed E-state index contributed by atoms with van der Waals surface area (Å²) in [5.41, 5.74) is 4.47. The second-order valence-electron chi connectivity index (χ2n) is 3.31. The van der Waals surface area contributed by atoms with E-state index in [1.54, 1.807) is 0 Å². The lowest BCUT2D eigenvalue weighted by atomic mass is 10.3. The summed E-state index contributed by atoms with van der Waals surface area (Å²) in [4.78, 5) is 0. The molecule has 1 fully saturated rings. The standard InChI is InChI=1S/C11H16N2O/c1-2-14-11-7-4-3-6-10(11)13-9-5-8-12-13/h3-4,6-7,12H,2,5,8-9H2,1H3. The summed E-state index contributed by atoms with van der Waals surface area (Å²) < 4.78 is 5.57. The molecule has 0 radical (unpaired) electrons. The zero-order valence-corrected chi connectivity index (χ0v) is 8.49. The molecule has 2 rings (SSSR count). The molecule has 0 spiro atoms. The number of nitrogens with zero attached hydrogens (tertiary/aromatic N) is 1. The van der Waals surface area contributed by atoms with Crippen LogP contribution in [0.4, 0.5) is 5.69 Å². The number of anilines is 1. The summed E-state index contributed by atoms with van der Waals surface area (Å²) >= 11 is 0. The number of ether oxygens (including phenoxy) is 1. The molecule has 0 aromatic heterocycles. The first-order valence-corrected chi connectivity index (χ1v) is 5.14. The Hall–Kier alpha value is -1.22. The molecule has 0 unspecified atom stereocenters. The molecule has 0 bridgehead atoms. The van der Waals surface area contributed by atoms with Crippen molar-refractivity contribution in [2.75, 3.05) is 24.7 Å². The predicted molar refractivity (Wildman–Crippen MR) is 57.6 cm³/mol. The average Bonchev–Trinajstić information content (AvgIpc) is 2.72. The summed E-state index contributed by atoms with van der Waals surface area (Å²) in [6.07, 6.45) is 1.19. The largest absolute Gasteiger partial charge is 0.492 e. The molecule has 0 aliphatic carbocycles. The lowest BCUT2D eigenvalue weighted by Crippen LogP contribution is -2.30. The Kier molecular flexibility index (Phi) is 2.89. The molecule has 0 amide bonds. The molecule has 1 saturated heterocycles. The molecule has 1 N–H and O–H groups in total. The molecule has 1 aromatic carbocycles. The molecular weight excluding hydrogens is 176 g/mol. The van der Waals surface area contributed by atoms with Gasteiger partial charge in [-0.15, -0.1) is 0 Å². The van der Waals surface area contributed by atoms with E-state index in [0.29, 0.717) is 6.61 Å². The van der Waals surface area contributed by atoms with Crippen LogP contribution in [0.5, 0.6) is 5.75 Å². The van der Waals surface area contributed by atoms with Crippen LogP contribution in [0.3, 0.4) is 0 Å². The quantitative estimate of drug-likeness (QED) is 0.790. The topological polar surface area (TPSA) is 24.5 Å². The van der Waals surface area contributed by atoms with Gasteiger partial charge in [-0.1, -0.05) is 12.1 Å². The van der Waals surface area contributed by atoms with Crippen LogP contribution < -0.4 is 15.2 Å². The van der Waals surface area contributed by atoms with E-state index in [9.17, 15) is 0 Å². The fraction of sp³-hybridized carbons (Fsp3) is 0.455. The zero-order valence-electron chi connectivity index (χ0n) is 8.49. The Bertz CT molecular complexity index is 295. The van der Waals surface area contributed by atoms with E-state index >= 15 is 0 Å². The third-order valence-electron chi connectivity index (χ3n) is 2.32. The number of para-hydroxylation sites is 2. The van der Waals surface area contributed by atoms with Crippen LogP contribution in [-0.4, -0.2) is 19.7 Å². The van der Waals surface area contributed by atoms with Gasteiger partial charge in [0.05, 0.1) is 12.3 Å². The second-order valence-corrected chi connectivity index (χ2v) is 3.31. The Balaban J connectivity index is 2.21. The van der Waals surface area contributed by atoms with Gasteiger partial charge in [-0.25, -0.2) is 5.43 Å². The van der Waals surface area contributed by atoms with E-state index in [1.165, 1.54) is 6.42 Å². The van der Waals surface area contributed by atoms with Gasteiger partial charge in [-0.05, 0) is 25.5 Å². The average molecular weight is 192 g/mol. The monoisotopic (exact) mass is 192 g/mol. The van der Waals surface area contributed by atoms with Gasteiger partial charge >= 0.3 is 0 Å². The lowest BCUT2D eigenvalue weighted by molar-refractivity contribution is 0.340. The minimum atomic E-state index is 0.713. The Morgan fingerprint density at radius 1 is 1.43 bits per heavy atom. The first-order chi connectivity index (χ1) is 6.92. The van der Waals surface area contributed by atoms with Crippen molar-refractivity contribution >= 4 is 5.69 Å². The summed E-state index contributed by atoms with van der Waals surface area (Å²) in [7, 11) is 0. The highest BCUT2D eigenvalue weighted by atomic mass is 16.5. The maximum atomic E-state index is 5.57. The van der Waals surface area contributed by atoms with E-state index in [0.717, 1.165) is 24.5 Å². The third-order valence-corrected chi connectivity index (χ3v) is 2.32. The molecule has 1 aromatic rings. The smallest absolute Gasteiger partial charge is 0.143 e. The molecule has 0 saturated carbocycles. The number of hydrazine groups is 1. The van der Waals surface area contributed by atoms with Gasteiger partial charge in [0, 0.05) is 13.1 Å². The maximum Gasteiger partial charge on any atom is 0.143 e. The third kappa shape index (κ3) is 1.82. The first-order valence-electron chi connectivity index (χ1n) is 5.14. The van der Waals surface area contributed by atoms with Gasteiger partial charge in [0.15, 0.2) is 0 Å². The van der Waals surface area contributed by atoms with Crippen molar-refractivity contribution in [1.29, 1.82) is 0 Å². The lowest BCUT2D eigenvalue weighted by Gasteiger charge is -2.20. The van der Waals surface area contributed by atoms with Crippen molar-refractivity contribution in [1.82, 2.24) is 5.43 Å². The van der Waals surface area contributed by atoms with E-state index in [4.69, 9.17) is 4.74 Å². The van der Waals surface area contributed by atoms with Crippen LogP contribution in [-0.2, 0) is 0 Å². The number of benzene rings is 1. The van der Waals surface area contributed by atoms with Crippen molar-refractivity contribution < 1.29 is 4.74 Å². The van der Waals surface area contributed by atoms with Crippen molar-refractivity contribution in [2.24, 2.45) is 0 Å². The highest BCUT2D eigenvalue weighted by Gasteiger charge is 2.15. The van der Waals surface area contributed by atoms with Crippen molar-refractivity contribution in [3.8, 4) is 5.75 Å². The SMILES string of the molecule is CCOc1ccccc1N1CCCN1. The summed E-state index contributed by atoms with van der Waals surface area (Å²) in [5, 5.41) is 2.16. The van der Waals surface area contributed by atoms with Crippen LogP contribution in [0, 0.1) is 0 Å². The normalized spacial score (nSPS) is 15.9. The van der Waals surface area contributed by atoms with Gasteiger partial charge in [0.2, 0.25) is 0 Å². The van der Waals surface area contributed by atoms with Crippen LogP contribution in [0.15, 0.2) is 24.3 Å². The van der Waals surface area contributed by atoms with Gasteiger partial charge < -0.3 is 9.75 Å². The summed E-state index contributed by atoms with van der Waals surface area (Å²) in [5.74, 6) is 0.962. The van der Waals surface area contributed by atoms with Crippen molar-refractivity contribution in [3.05, 3.63) is 24.3 Å². The van der Waals surface area contributed by atoms with Crippen LogP contribution in [0.25, 0.3) is 0 Å². The fourth-order valence-electron chi connectivity index (χ4n) is 1.69. The van der Waals surface area contributed by atoms with Crippen LogP contribution >= 0.6 is 0 Å². The highest BCUT2D eigenvalue weighted by molar-refractivity contribution is 5.57. The number of nitrogens with one attached hydrogen (secondary N) is 1. The molecular formula is C11H16N2O. The number of hydrogen-bond acceptors (Lipinski definition) is 3. The van der Waals surface area contributed by atoms with Crippen LogP contribution in [0.2, 0.25) is 0 Å². The summed E-state index contributed by atoms with van der Waals surface area (Å²) in [6, 6.07) is 8.14. The molecule has 0 atom stereocenters.